The van der Waals surface area contributed by atoms with Crippen LogP contribution in [0, 0.1) is 11.8 Å². The van der Waals surface area contributed by atoms with Crippen molar-refractivity contribution in [2.24, 2.45) is 11.8 Å². The molecule has 1 unspecified atom stereocenters. The first-order valence-electron chi connectivity index (χ1n) is 8.48. The van der Waals surface area contributed by atoms with E-state index >= 15 is 0 Å². The van der Waals surface area contributed by atoms with Crippen molar-refractivity contribution in [1.82, 2.24) is 5.32 Å². The summed E-state index contributed by atoms with van der Waals surface area (Å²) in [5.74, 6) is 1.89. The Hall–Kier alpha value is -0.860. The zero-order valence-corrected chi connectivity index (χ0v) is 14.1. The van der Waals surface area contributed by atoms with Crippen LogP contribution in [-0.4, -0.2) is 6.54 Å². The lowest BCUT2D eigenvalue weighted by atomic mass is 9.81. The molecule has 1 aromatic heterocycles. The Morgan fingerprint density at radius 1 is 1.14 bits per heavy atom. The lowest BCUT2D eigenvalue weighted by Crippen LogP contribution is -2.28. The zero-order valence-electron chi connectivity index (χ0n) is 13.3. The zero-order chi connectivity index (χ0) is 14.7. The third-order valence-electron chi connectivity index (χ3n) is 5.13. The normalized spacial score (nSPS) is 24.3. The first-order valence-corrected chi connectivity index (χ1v) is 9.29. The Bertz CT molecular complexity index is 533. The topological polar surface area (TPSA) is 12.0 Å². The maximum Gasteiger partial charge on any atom is 0.0386 e. The molecule has 1 aromatic carbocycles. The van der Waals surface area contributed by atoms with Crippen LogP contribution in [0.4, 0.5) is 0 Å². The van der Waals surface area contributed by atoms with Crippen molar-refractivity contribution < 1.29 is 0 Å². The van der Waals surface area contributed by atoms with Gasteiger partial charge >= 0.3 is 0 Å². The number of nitrogens with one attached hydrogen (secondary N) is 1. The van der Waals surface area contributed by atoms with E-state index in [1.54, 1.807) is 0 Å². The van der Waals surface area contributed by atoms with Crippen molar-refractivity contribution in [1.29, 1.82) is 0 Å². The molecule has 1 nitrogen and oxygen atoms in total. The van der Waals surface area contributed by atoms with E-state index in [2.05, 4.69) is 49.5 Å². The predicted molar refractivity (Wildman–Crippen MR) is 94.0 cm³/mol. The molecule has 0 saturated heterocycles. The summed E-state index contributed by atoms with van der Waals surface area (Å²) in [6, 6.07) is 11.5. The summed E-state index contributed by atoms with van der Waals surface area (Å²) in [5, 5.41) is 5.16. The van der Waals surface area contributed by atoms with Gasteiger partial charge in [-0.05, 0) is 55.7 Å². The molecule has 2 aromatic rings. The van der Waals surface area contributed by atoms with Gasteiger partial charge in [0.25, 0.3) is 0 Å². The predicted octanol–water partition coefficient (Wildman–Crippen LogP) is 5.77. The summed E-state index contributed by atoms with van der Waals surface area (Å²) in [6.07, 6.45) is 7.11. The third-order valence-corrected chi connectivity index (χ3v) is 6.43. The summed E-state index contributed by atoms with van der Waals surface area (Å²) < 4.78 is 1.41. The van der Waals surface area contributed by atoms with Gasteiger partial charge in [-0.2, -0.15) is 0 Å². The van der Waals surface area contributed by atoms with Crippen LogP contribution >= 0.6 is 11.3 Å². The van der Waals surface area contributed by atoms with E-state index in [9.17, 15) is 0 Å². The van der Waals surface area contributed by atoms with Gasteiger partial charge in [-0.1, -0.05) is 44.4 Å². The largest absolute Gasteiger partial charge is 0.309 e. The number of hydrogen-bond donors (Lipinski definition) is 1. The Labute approximate surface area is 132 Å². The highest BCUT2D eigenvalue weighted by molar-refractivity contribution is 7.19. The first kappa shape index (κ1) is 15.1. The Kier molecular flexibility index (Phi) is 4.97. The summed E-state index contributed by atoms with van der Waals surface area (Å²) in [4.78, 5) is 1.47. The van der Waals surface area contributed by atoms with Crippen molar-refractivity contribution in [2.75, 3.05) is 6.54 Å². The van der Waals surface area contributed by atoms with E-state index in [4.69, 9.17) is 0 Å². The molecule has 2 heteroatoms. The fourth-order valence-corrected chi connectivity index (χ4v) is 4.60. The minimum Gasteiger partial charge on any atom is -0.309 e. The van der Waals surface area contributed by atoms with Crippen molar-refractivity contribution in [3.8, 4) is 0 Å². The molecule has 0 aliphatic heterocycles. The monoisotopic (exact) mass is 301 g/mol. The average molecular weight is 301 g/mol. The van der Waals surface area contributed by atoms with Gasteiger partial charge in [0.1, 0.15) is 0 Å². The second kappa shape index (κ2) is 6.93. The summed E-state index contributed by atoms with van der Waals surface area (Å²) >= 11 is 1.93. The molecule has 1 fully saturated rings. The minimum atomic E-state index is 0.478. The SMILES string of the molecule is CCC1CCC(CNC(C)c2cc3ccccc3s2)CC1. The number of rotatable bonds is 5. The third kappa shape index (κ3) is 3.67. The minimum absolute atomic E-state index is 0.478. The van der Waals surface area contributed by atoms with Crippen LogP contribution in [0.25, 0.3) is 10.1 Å². The highest BCUT2D eigenvalue weighted by atomic mass is 32.1. The molecule has 3 rings (SSSR count). The van der Waals surface area contributed by atoms with Crippen LogP contribution in [-0.2, 0) is 0 Å². The Balaban J connectivity index is 1.53. The molecule has 1 saturated carbocycles. The van der Waals surface area contributed by atoms with Crippen molar-refractivity contribution in [3.05, 3.63) is 35.2 Å². The van der Waals surface area contributed by atoms with Crippen molar-refractivity contribution in [2.45, 2.75) is 52.0 Å². The van der Waals surface area contributed by atoms with Crippen LogP contribution in [0.15, 0.2) is 30.3 Å². The molecule has 0 radical (unpaired) electrons. The van der Waals surface area contributed by atoms with Crippen LogP contribution in [0.5, 0.6) is 0 Å². The molecule has 1 aliphatic carbocycles. The van der Waals surface area contributed by atoms with Gasteiger partial charge < -0.3 is 5.32 Å². The van der Waals surface area contributed by atoms with Gasteiger partial charge in [-0.25, -0.2) is 0 Å². The van der Waals surface area contributed by atoms with E-state index in [0.29, 0.717) is 6.04 Å². The summed E-state index contributed by atoms with van der Waals surface area (Å²) in [6.45, 7) is 5.83. The van der Waals surface area contributed by atoms with Crippen LogP contribution < -0.4 is 5.32 Å². The molecule has 114 valence electrons. The van der Waals surface area contributed by atoms with Gasteiger partial charge in [0.2, 0.25) is 0 Å². The van der Waals surface area contributed by atoms with E-state index in [1.165, 1.54) is 53.6 Å². The molecule has 1 atom stereocenters. The Morgan fingerprint density at radius 3 is 2.57 bits per heavy atom. The smallest absolute Gasteiger partial charge is 0.0386 e. The van der Waals surface area contributed by atoms with E-state index in [1.807, 2.05) is 11.3 Å². The van der Waals surface area contributed by atoms with Gasteiger partial charge in [-0.15, -0.1) is 11.3 Å². The first-order chi connectivity index (χ1) is 10.3. The second-order valence-corrected chi connectivity index (χ2v) is 7.73. The number of thiophene rings is 1. The summed E-state index contributed by atoms with van der Waals surface area (Å²) in [5.41, 5.74) is 0. The number of fused-ring (bicyclic) bond motifs is 1. The second-order valence-electron chi connectivity index (χ2n) is 6.61. The number of hydrogen-bond acceptors (Lipinski definition) is 2. The van der Waals surface area contributed by atoms with Crippen molar-refractivity contribution >= 4 is 21.4 Å². The van der Waals surface area contributed by atoms with E-state index in [0.717, 1.165) is 11.8 Å². The summed E-state index contributed by atoms with van der Waals surface area (Å²) in [7, 11) is 0. The lowest BCUT2D eigenvalue weighted by molar-refractivity contribution is 0.258. The maximum atomic E-state index is 3.77. The molecule has 1 aliphatic rings. The number of benzene rings is 1. The van der Waals surface area contributed by atoms with Crippen molar-refractivity contribution in [3.63, 3.8) is 0 Å². The molecule has 1 heterocycles. The van der Waals surface area contributed by atoms with Gasteiger partial charge in [-0.3, -0.25) is 0 Å². The quantitative estimate of drug-likeness (QED) is 0.739. The fourth-order valence-electron chi connectivity index (χ4n) is 3.50. The van der Waals surface area contributed by atoms with E-state index in [-0.39, 0.29) is 0 Å². The van der Waals surface area contributed by atoms with Crippen LogP contribution in [0.1, 0.15) is 56.9 Å². The maximum absolute atomic E-state index is 3.77. The molecule has 0 bridgehead atoms. The van der Waals surface area contributed by atoms with Gasteiger partial charge in [0.05, 0.1) is 0 Å². The van der Waals surface area contributed by atoms with Gasteiger partial charge in [0.15, 0.2) is 0 Å². The van der Waals surface area contributed by atoms with Gasteiger partial charge in [0, 0.05) is 15.6 Å². The molecule has 0 spiro atoms. The lowest BCUT2D eigenvalue weighted by Gasteiger charge is -2.28. The molecule has 21 heavy (non-hydrogen) atoms. The molecule has 1 N–H and O–H groups in total. The van der Waals surface area contributed by atoms with Crippen LogP contribution in [0.3, 0.4) is 0 Å². The fraction of sp³-hybridized carbons (Fsp3) is 0.579. The highest BCUT2D eigenvalue weighted by Gasteiger charge is 2.20. The molecular weight excluding hydrogens is 274 g/mol. The Morgan fingerprint density at radius 2 is 1.86 bits per heavy atom. The van der Waals surface area contributed by atoms with E-state index < -0.39 is 0 Å². The molecular formula is C19H27NS. The average Bonchev–Trinajstić information content (AvgIpc) is 2.97. The van der Waals surface area contributed by atoms with Crippen LogP contribution in [0.2, 0.25) is 0 Å². The highest BCUT2D eigenvalue weighted by Crippen LogP contribution is 2.32. The standard InChI is InChI=1S/C19H27NS/c1-3-15-8-10-16(11-9-15)13-20-14(2)19-12-17-6-4-5-7-18(17)21-19/h4-7,12,14-16,20H,3,8-11,13H2,1-2H3. The molecule has 0 amide bonds.